The van der Waals surface area contributed by atoms with Gasteiger partial charge in [-0.15, -0.1) is 11.3 Å². The first-order chi connectivity index (χ1) is 30.2. The highest BCUT2D eigenvalue weighted by molar-refractivity contribution is 7.25. The van der Waals surface area contributed by atoms with Gasteiger partial charge in [0.2, 0.25) is 0 Å². The first kappa shape index (κ1) is 35.4. The van der Waals surface area contributed by atoms with Crippen molar-refractivity contribution in [1.29, 1.82) is 0 Å². The van der Waals surface area contributed by atoms with Gasteiger partial charge in [-0.1, -0.05) is 158 Å². The van der Waals surface area contributed by atoms with Crippen molar-refractivity contribution >= 4 is 76.7 Å². The number of thiophene rings is 1. The summed E-state index contributed by atoms with van der Waals surface area (Å²) in [7, 11) is 0. The minimum atomic E-state index is 0.737. The fraction of sp³-hybridized carbons (Fsp3) is 0.0172. The van der Waals surface area contributed by atoms with Crippen LogP contribution in [-0.2, 0) is 6.42 Å². The highest BCUT2D eigenvalue weighted by atomic mass is 32.1. The number of para-hydroxylation sites is 2. The molecule has 0 saturated carbocycles. The molecule has 0 amide bonds. The molecule has 3 aromatic heterocycles. The molecule has 0 N–H and O–H groups in total. The van der Waals surface area contributed by atoms with Gasteiger partial charge < -0.3 is 4.42 Å². The molecule has 0 fully saturated rings. The molecular formula is C58H37NOS. The van der Waals surface area contributed by atoms with Gasteiger partial charge in [0.05, 0.1) is 0 Å². The van der Waals surface area contributed by atoms with Gasteiger partial charge in [0.25, 0.3) is 0 Å². The average Bonchev–Trinajstić information content (AvgIpc) is 3.99. The average molecular weight is 796 g/mol. The van der Waals surface area contributed by atoms with Crippen LogP contribution in [-0.4, -0.2) is 4.98 Å². The van der Waals surface area contributed by atoms with Crippen LogP contribution >= 0.6 is 11.3 Å². The van der Waals surface area contributed by atoms with E-state index in [0.717, 1.165) is 39.5 Å². The van der Waals surface area contributed by atoms with Crippen LogP contribution in [0.15, 0.2) is 205 Å². The standard InChI is InChI=1S/C58H37NOS/c1-3-13-47-45(11-1)46-12-2-4-14-48(46)54(47)33-37-20-23-39(24-21-37)44-26-22-38(34-53(44)40-28-30-59-31-29-40)32-43(41-25-27-51-50-16-6-8-19-56(50)61-57(51)36-41)35-42-10-9-17-52-49-15-5-7-18-55(49)60-58(42)52/h1-31,33-36H,32H2/b43-35-. The fourth-order valence-electron chi connectivity index (χ4n) is 9.31. The molecule has 0 bridgehead atoms. The maximum Gasteiger partial charge on any atom is 0.142 e. The monoisotopic (exact) mass is 795 g/mol. The van der Waals surface area contributed by atoms with Crippen molar-refractivity contribution in [3.8, 4) is 33.4 Å². The summed E-state index contributed by atoms with van der Waals surface area (Å²) in [4.78, 5) is 4.38. The molecule has 0 atom stereocenters. The van der Waals surface area contributed by atoms with E-state index >= 15 is 0 Å². The predicted octanol–water partition coefficient (Wildman–Crippen LogP) is 16.0. The number of furan rings is 1. The minimum Gasteiger partial charge on any atom is -0.455 e. The quantitative estimate of drug-likeness (QED) is 0.150. The van der Waals surface area contributed by atoms with Crippen molar-refractivity contribution in [2.45, 2.75) is 6.42 Å². The zero-order chi connectivity index (χ0) is 40.3. The largest absolute Gasteiger partial charge is 0.455 e. The molecule has 0 spiro atoms. The van der Waals surface area contributed by atoms with Crippen molar-refractivity contribution in [2.75, 3.05) is 0 Å². The minimum absolute atomic E-state index is 0.737. The van der Waals surface area contributed by atoms with Crippen LogP contribution in [0, 0.1) is 0 Å². The summed E-state index contributed by atoms with van der Waals surface area (Å²) in [6.07, 6.45) is 9.18. The van der Waals surface area contributed by atoms with E-state index < -0.39 is 0 Å². The van der Waals surface area contributed by atoms with E-state index in [4.69, 9.17) is 4.42 Å². The van der Waals surface area contributed by atoms with E-state index in [9.17, 15) is 0 Å². The molecule has 1 aliphatic carbocycles. The summed E-state index contributed by atoms with van der Waals surface area (Å²) >= 11 is 1.86. The number of rotatable bonds is 7. The molecule has 3 heterocycles. The lowest BCUT2D eigenvalue weighted by atomic mass is 9.89. The molecule has 11 aromatic rings. The van der Waals surface area contributed by atoms with E-state index in [0.29, 0.717) is 0 Å². The van der Waals surface area contributed by atoms with E-state index in [1.807, 2.05) is 29.8 Å². The normalized spacial score (nSPS) is 12.4. The molecule has 0 aliphatic heterocycles. The summed E-state index contributed by atoms with van der Waals surface area (Å²) in [6, 6.07) is 68.2. The van der Waals surface area contributed by atoms with Crippen LogP contribution < -0.4 is 0 Å². The molecule has 3 heteroatoms. The Morgan fingerprint density at radius 1 is 0.492 bits per heavy atom. The van der Waals surface area contributed by atoms with Crippen LogP contribution in [0.5, 0.6) is 0 Å². The van der Waals surface area contributed by atoms with Crippen LogP contribution in [0.4, 0.5) is 0 Å². The molecule has 0 saturated heterocycles. The number of allylic oxidation sites excluding steroid dienone is 1. The molecule has 0 radical (unpaired) electrons. The Balaban J connectivity index is 0.956. The summed E-state index contributed by atoms with van der Waals surface area (Å²) in [5.74, 6) is 0. The Kier molecular flexibility index (Phi) is 8.46. The zero-order valence-electron chi connectivity index (χ0n) is 33.2. The number of benzene rings is 8. The highest BCUT2D eigenvalue weighted by Gasteiger charge is 2.22. The molecule has 12 rings (SSSR count). The zero-order valence-corrected chi connectivity index (χ0v) is 34.0. The molecule has 1 aliphatic rings. The lowest BCUT2D eigenvalue weighted by Crippen LogP contribution is -1.95. The summed E-state index contributed by atoms with van der Waals surface area (Å²) in [6.45, 7) is 0. The lowest BCUT2D eigenvalue weighted by molar-refractivity contribution is 0.668. The van der Waals surface area contributed by atoms with Crippen LogP contribution in [0.2, 0.25) is 0 Å². The molecule has 61 heavy (non-hydrogen) atoms. The Labute approximate surface area is 358 Å². The SMILES string of the molecule is C(=C1c2ccccc2-c2ccccc21)c1ccc(-c2ccc(C/C(=C/c3cccc4c3oc3ccccc34)c3ccc4c(c3)sc3ccccc34)cc2-c2ccncc2)cc1. The van der Waals surface area contributed by atoms with Crippen LogP contribution in [0.1, 0.15) is 33.4 Å². The lowest BCUT2D eigenvalue weighted by Gasteiger charge is -2.15. The van der Waals surface area contributed by atoms with E-state index in [1.165, 1.54) is 87.0 Å². The van der Waals surface area contributed by atoms with Gasteiger partial charge in [0.1, 0.15) is 11.2 Å². The second-order valence-corrected chi connectivity index (χ2v) is 16.9. The Bertz CT molecular complexity index is 3500. The first-order valence-corrected chi connectivity index (χ1v) is 21.6. The van der Waals surface area contributed by atoms with Gasteiger partial charge in [-0.2, -0.15) is 0 Å². The number of pyridine rings is 1. The topological polar surface area (TPSA) is 26.0 Å². The molecule has 8 aromatic carbocycles. The highest BCUT2D eigenvalue weighted by Crippen LogP contribution is 2.45. The second-order valence-electron chi connectivity index (χ2n) is 15.9. The van der Waals surface area contributed by atoms with Gasteiger partial charge in [0.15, 0.2) is 0 Å². The number of fused-ring (bicyclic) bond motifs is 9. The van der Waals surface area contributed by atoms with Gasteiger partial charge >= 0.3 is 0 Å². The van der Waals surface area contributed by atoms with Crippen molar-refractivity contribution in [1.82, 2.24) is 4.98 Å². The third kappa shape index (κ3) is 6.21. The maximum atomic E-state index is 6.55. The Morgan fingerprint density at radius 3 is 1.97 bits per heavy atom. The number of hydrogen-bond donors (Lipinski definition) is 0. The van der Waals surface area contributed by atoms with Crippen molar-refractivity contribution in [2.24, 2.45) is 0 Å². The molecular weight excluding hydrogens is 759 g/mol. The predicted molar refractivity (Wildman–Crippen MR) is 259 cm³/mol. The third-order valence-corrected chi connectivity index (χ3v) is 13.4. The smallest absolute Gasteiger partial charge is 0.142 e. The molecule has 2 nitrogen and oxygen atoms in total. The van der Waals surface area contributed by atoms with E-state index in [1.54, 1.807) is 0 Å². The number of hydrogen-bond acceptors (Lipinski definition) is 3. The van der Waals surface area contributed by atoms with Gasteiger partial charge in [-0.25, -0.2) is 0 Å². The Hall–Kier alpha value is -7.59. The van der Waals surface area contributed by atoms with Crippen molar-refractivity contribution in [3.05, 3.63) is 234 Å². The van der Waals surface area contributed by atoms with Crippen LogP contribution in [0.25, 0.3) is 98.8 Å². The summed E-state index contributed by atoms with van der Waals surface area (Å²) in [5, 5.41) is 4.88. The van der Waals surface area contributed by atoms with E-state index in [2.05, 4.69) is 199 Å². The fourth-order valence-corrected chi connectivity index (χ4v) is 10.5. The first-order valence-electron chi connectivity index (χ1n) is 20.8. The van der Waals surface area contributed by atoms with Crippen molar-refractivity contribution in [3.63, 3.8) is 0 Å². The number of aromatic nitrogens is 1. The van der Waals surface area contributed by atoms with Gasteiger partial charge in [-0.05, 0) is 121 Å². The van der Waals surface area contributed by atoms with Gasteiger partial charge in [-0.3, -0.25) is 4.98 Å². The van der Waals surface area contributed by atoms with Crippen LogP contribution in [0.3, 0.4) is 0 Å². The van der Waals surface area contributed by atoms with Crippen molar-refractivity contribution < 1.29 is 4.42 Å². The second kappa shape index (κ2) is 14.6. The van der Waals surface area contributed by atoms with Gasteiger partial charge in [0, 0.05) is 48.9 Å². The van der Waals surface area contributed by atoms with E-state index in [-0.39, 0.29) is 0 Å². The molecule has 0 unspecified atom stereocenters. The third-order valence-electron chi connectivity index (χ3n) is 12.2. The number of nitrogens with zero attached hydrogens (tertiary/aromatic N) is 1. The summed E-state index contributed by atoms with van der Waals surface area (Å²) < 4.78 is 9.15. The molecule has 286 valence electrons. The maximum absolute atomic E-state index is 6.55. The Morgan fingerprint density at radius 2 is 1.16 bits per heavy atom. The summed E-state index contributed by atoms with van der Waals surface area (Å²) in [5.41, 5.74) is 18.9.